The molecule has 1 atom stereocenters. The largest absolute Gasteiger partial charge is 0.489 e. The molecule has 1 aromatic carbocycles. The second-order valence-electron chi connectivity index (χ2n) is 6.47. The van der Waals surface area contributed by atoms with Gasteiger partial charge < -0.3 is 15.2 Å². The van der Waals surface area contributed by atoms with Crippen LogP contribution >= 0.6 is 0 Å². The third-order valence-electron chi connectivity index (χ3n) is 4.20. The highest BCUT2D eigenvalue weighted by atomic mass is 16.5. The van der Waals surface area contributed by atoms with Crippen LogP contribution in [0, 0.1) is 0 Å². The molecule has 0 aliphatic carbocycles. The average Bonchev–Trinajstić information content (AvgIpc) is 2.55. The van der Waals surface area contributed by atoms with Crippen molar-refractivity contribution in [1.82, 2.24) is 10.3 Å². The molecule has 0 amide bonds. The van der Waals surface area contributed by atoms with Gasteiger partial charge in [0.25, 0.3) is 0 Å². The summed E-state index contributed by atoms with van der Waals surface area (Å²) in [5.41, 5.74) is 2.31. The molecule has 4 nitrogen and oxygen atoms in total. The number of pyridine rings is 1. The zero-order valence-electron chi connectivity index (χ0n) is 13.7. The summed E-state index contributed by atoms with van der Waals surface area (Å²) in [5, 5.41) is 14.0. The van der Waals surface area contributed by atoms with E-state index in [1.807, 2.05) is 50.4 Å². The highest BCUT2D eigenvalue weighted by molar-refractivity contribution is 5.64. The van der Waals surface area contributed by atoms with E-state index in [0.29, 0.717) is 6.54 Å². The number of aliphatic hydroxyl groups is 1. The lowest BCUT2D eigenvalue weighted by atomic mass is 9.86. The smallest absolute Gasteiger partial charge is 0.138 e. The number of rotatable bonds is 4. The molecule has 2 aromatic rings. The summed E-state index contributed by atoms with van der Waals surface area (Å²) in [4.78, 5) is 4.26. The van der Waals surface area contributed by atoms with Gasteiger partial charge in [0.1, 0.15) is 11.4 Å². The van der Waals surface area contributed by atoms with Crippen molar-refractivity contribution in [3.63, 3.8) is 0 Å². The first-order chi connectivity index (χ1) is 11.1. The second kappa shape index (κ2) is 6.69. The number of β-amino-alcohol motifs (C(OH)–C–C–N with tert-alkyl or cyclic N) is 1. The van der Waals surface area contributed by atoms with Crippen molar-refractivity contribution < 1.29 is 9.84 Å². The predicted octanol–water partition coefficient (Wildman–Crippen LogP) is 3.11. The van der Waals surface area contributed by atoms with Crippen molar-refractivity contribution in [1.29, 1.82) is 0 Å². The number of nitrogens with zero attached hydrogens (tertiary/aromatic N) is 1. The monoisotopic (exact) mass is 312 g/mol. The summed E-state index contributed by atoms with van der Waals surface area (Å²) >= 11 is 0. The van der Waals surface area contributed by atoms with Gasteiger partial charge in [0.2, 0.25) is 0 Å². The number of nitrogens with one attached hydrogen (secondary N) is 1. The molecule has 1 fully saturated rings. The molecular weight excluding hydrogens is 288 g/mol. The topological polar surface area (TPSA) is 54.4 Å². The van der Waals surface area contributed by atoms with Crippen LogP contribution in [0.3, 0.4) is 0 Å². The summed E-state index contributed by atoms with van der Waals surface area (Å²) in [5.74, 6) is 0.775. The lowest BCUT2D eigenvalue weighted by Gasteiger charge is -2.33. The Hall–Kier alpha value is -1.91. The number of aromatic nitrogens is 1. The Morgan fingerprint density at radius 2 is 1.96 bits per heavy atom. The summed E-state index contributed by atoms with van der Waals surface area (Å²) < 4.78 is 5.70. The maximum atomic E-state index is 10.8. The van der Waals surface area contributed by atoms with E-state index in [1.165, 1.54) is 0 Å². The summed E-state index contributed by atoms with van der Waals surface area (Å²) in [6.07, 6.45) is 5.49. The lowest BCUT2D eigenvalue weighted by molar-refractivity contribution is 0.0123. The normalized spacial score (nSPS) is 21.4. The lowest BCUT2D eigenvalue weighted by Crippen LogP contribution is -2.43. The van der Waals surface area contributed by atoms with Crippen molar-refractivity contribution in [3.05, 3.63) is 48.3 Å². The van der Waals surface area contributed by atoms with E-state index in [-0.39, 0.29) is 6.10 Å². The fraction of sp³-hybridized carbons (Fsp3) is 0.421. The Morgan fingerprint density at radius 3 is 2.61 bits per heavy atom. The molecule has 1 aromatic heterocycles. The van der Waals surface area contributed by atoms with Crippen LogP contribution in [-0.2, 0) is 5.60 Å². The van der Waals surface area contributed by atoms with Crippen LogP contribution < -0.4 is 10.1 Å². The van der Waals surface area contributed by atoms with E-state index in [4.69, 9.17) is 4.74 Å². The zero-order valence-corrected chi connectivity index (χ0v) is 13.7. The molecule has 2 heterocycles. The van der Waals surface area contributed by atoms with Gasteiger partial charge in [-0.25, -0.2) is 0 Å². The van der Waals surface area contributed by atoms with Gasteiger partial charge in [-0.15, -0.1) is 0 Å². The van der Waals surface area contributed by atoms with Gasteiger partial charge >= 0.3 is 0 Å². The minimum Gasteiger partial charge on any atom is -0.489 e. The Bertz CT molecular complexity index is 647. The molecule has 1 aliphatic rings. The zero-order chi connectivity index (χ0) is 16.3. The number of benzene rings is 1. The quantitative estimate of drug-likeness (QED) is 0.911. The molecule has 0 saturated carbocycles. The van der Waals surface area contributed by atoms with Crippen LogP contribution in [0.15, 0.2) is 42.7 Å². The molecule has 2 N–H and O–H groups in total. The van der Waals surface area contributed by atoms with Crippen LogP contribution in [0.4, 0.5) is 0 Å². The van der Waals surface area contributed by atoms with Crippen molar-refractivity contribution in [3.8, 4) is 16.9 Å². The van der Waals surface area contributed by atoms with Gasteiger partial charge in [0.15, 0.2) is 0 Å². The van der Waals surface area contributed by atoms with E-state index < -0.39 is 5.60 Å². The molecule has 0 spiro atoms. The van der Waals surface area contributed by atoms with Crippen molar-refractivity contribution in [2.24, 2.45) is 0 Å². The third-order valence-corrected chi connectivity index (χ3v) is 4.20. The Kier molecular flexibility index (Phi) is 4.64. The van der Waals surface area contributed by atoms with Gasteiger partial charge in [0.05, 0.1) is 12.3 Å². The van der Waals surface area contributed by atoms with E-state index in [9.17, 15) is 5.11 Å². The Balaban J connectivity index is 1.82. The molecule has 4 heteroatoms. The molecule has 0 radical (unpaired) electrons. The van der Waals surface area contributed by atoms with Crippen molar-refractivity contribution in [2.75, 3.05) is 13.1 Å². The molecule has 1 unspecified atom stereocenters. The number of ether oxygens (including phenoxy) is 1. The van der Waals surface area contributed by atoms with Crippen molar-refractivity contribution in [2.45, 2.75) is 38.4 Å². The standard InChI is InChI=1S/C19H24N2O2/c1-14(2)23-18-10-16(11-21-12-18)15-4-6-17(7-5-15)19(22)8-3-9-20-13-19/h4-7,10-12,14,20,22H,3,8-9,13H2,1-2H3. The first kappa shape index (κ1) is 16.0. The van der Waals surface area contributed by atoms with Crippen molar-refractivity contribution >= 4 is 0 Å². The molecule has 23 heavy (non-hydrogen) atoms. The maximum Gasteiger partial charge on any atom is 0.138 e. The summed E-state index contributed by atoms with van der Waals surface area (Å²) in [7, 11) is 0. The third kappa shape index (κ3) is 3.71. The minimum absolute atomic E-state index is 0.127. The Labute approximate surface area is 137 Å². The van der Waals surface area contributed by atoms with Crippen LogP contribution in [0.5, 0.6) is 5.75 Å². The minimum atomic E-state index is -0.752. The highest BCUT2D eigenvalue weighted by Crippen LogP contribution is 2.30. The Morgan fingerprint density at radius 1 is 1.17 bits per heavy atom. The van der Waals surface area contributed by atoms with E-state index in [0.717, 1.165) is 41.8 Å². The molecule has 0 bridgehead atoms. The van der Waals surface area contributed by atoms with Crippen LogP contribution in [0.2, 0.25) is 0 Å². The van der Waals surface area contributed by atoms with Crippen LogP contribution in [0.25, 0.3) is 11.1 Å². The summed E-state index contributed by atoms with van der Waals surface area (Å²) in [6, 6.07) is 10.1. The first-order valence-electron chi connectivity index (χ1n) is 8.22. The number of piperidine rings is 1. The number of hydrogen-bond donors (Lipinski definition) is 2. The first-order valence-corrected chi connectivity index (χ1v) is 8.22. The van der Waals surface area contributed by atoms with Crippen LogP contribution in [0.1, 0.15) is 32.3 Å². The van der Waals surface area contributed by atoms with Crippen LogP contribution in [-0.4, -0.2) is 29.3 Å². The molecule has 1 aliphatic heterocycles. The average molecular weight is 312 g/mol. The summed E-state index contributed by atoms with van der Waals surface area (Å²) in [6.45, 7) is 5.60. The predicted molar refractivity (Wildman–Crippen MR) is 91.4 cm³/mol. The number of hydrogen-bond acceptors (Lipinski definition) is 4. The van der Waals surface area contributed by atoms with Gasteiger partial charge in [-0.1, -0.05) is 24.3 Å². The van der Waals surface area contributed by atoms with E-state index in [1.54, 1.807) is 6.20 Å². The molecular formula is C19H24N2O2. The maximum absolute atomic E-state index is 10.8. The fourth-order valence-corrected chi connectivity index (χ4v) is 3.02. The van der Waals surface area contributed by atoms with Gasteiger partial charge in [-0.05, 0) is 50.4 Å². The van der Waals surface area contributed by atoms with Gasteiger partial charge in [0, 0.05) is 18.3 Å². The molecule has 122 valence electrons. The molecule has 3 rings (SSSR count). The van der Waals surface area contributed by atoms with E-state index >= 15 is 0 Å². The van der Waals surface area contributed by atoms with Gasteiger partial charge in [-0.3, -0.25) is 4.98 Å². The second-order valence-corrected chi connectivity index (χ2v) is 6.47. The molecule has 1 saturated heterocycles. The highest BCUT2D eigenvalue weighted by Gasteiger charge is 2.30. The van der Waals surface area contributed by atoms with Gasteiger partial charge in [-0.2, -0.15) is 0 Å². The SMILES string of the molecule is CC(C)Oc1cncc(-c2ccc(C3(O)CCCNC3)cc2)c1. The van der Waals surface area contributed by atoms with E-state index in [2.05, 4.69) is 10.3 Å². The fourth-order valence-electron chi connectivity index (χ4n) is 3.02.